The molecule has 1 unspecified atom stereocenters. The molecular formula is C25H29N3O3. The summed E-state index contributed by atoms with van der Waals surface area (Å²) in [5, 5.41) is 0. The second-order valence-corrected chi connectivity index (χ2v) is 7.74. The molecule has 1 aromatic heterocycles. The molecule has 1 fully saturated rings. The summed E-state index contributed by atoms with van der Waals surface area (Å²) < 4.78 is 16.8. The Morgan fingerprint density at radius 1 is 0.935 bits per heavy atom. The first kappa shape index (κ1) is 21.0. The van der Waals surface area contributed by atoms with Gasteiger partial charge in [0, 0.05) is 44.5 Å². The van der Waals surface area contributed by atoms with Crippen molar-refractivity contribution in [2.45, 2.75) is 6.10 Å². The molecule has 31 heavy (non-hydrogen) atoms. The second-order valence-electron chi connectivity index (χ2n) is 7.74. The highest BCUT2D eigenvalue weighted by Gasteiger charge is 2.25. The summed E-state index contributed by atoms with van der Waals surface area (Å²) in [5.41, 5.74) is 5.36. The smallest absolute Gasteiger partial charge is 0.213 e. The zero-order valence-electron chi connectivity index (χ0n) is 18.5. The third-order valence-electron chi connectivity index (χ3n) is 5.61. The Bertz CT molecular complexity index is 1000. The minimum Gasteiger partial charge on any atom is -0.497 e. The topological polar surface area (TPSA) is 47.1 Å². The van der Waals surface area contributed by atoms with Gasteiger partial charge >= 0.3 is 0 Å². The number of hydrogen-bond acceptors (Lipinski definition) is 6. The minimum absolute atomic E-state index is 0.00859. The van der Waals surface area contributed by atoms with Crippen LogP contribution in [0.25, 0.3) is 11.3 Å². The van der Waals surface area contributed by atoms with Gasteiger partial charge in [0.25, 0.3) is 0 Å². The van der Waals surface area contributed by atoms with Crippen molar-refractivity contribution in [1.29, 1.82) is 0 Å². The van der Waals surface area contributed by atoms with E-state index in [4.69, 9.17) is 19.2 Å². The molecule has 0 saturated carbocycles. The van der Waals surface area contributed by atoms with Crippen LogP contribution in [-0.2, 0) is 4.74 Å². The van der Waals surface area contributed by atoms with Crippen LogP contribution in [0, 0.1) is 0 Å². The fourth-order valence-electron chi connectivity index (χ4n) is 3.82. The zero-order chi connectivity index (χ0) is 21.8. The average Bonchev–Trinajstić information content (AvgIpc) is 2.84. The van der Waals surface area contributed by atoms with Crippen molar-refractivity contribution in [3.63, 3.8) is 0 Å². The van der Waals surface area contributed by atoms with Crippen molar-refractivity contribution < 1.29 is 14.2 Å². The van der Waals surface area contributed by atoms with Crippen molar-refractivity contribution in [3.8, 4) is 22.9 Å². The maximum atomic E-state index is 6.09. The Kier molecular flexibility index (Phi) is 6.28. The summed E-state index contributed by atoms with van der Waals surface area (Å²) in [7, 11) is 7.40. The van der Waals surface area contributed by atoms with E-state index >= 15 is 0 Å². The molecule has 0 aliphatic carbocycles. The Labute approximate surface area is 184 Å². The van der Waals surface area contributed by atoms with Crippen LogP contribution in [0.3, 0.4) is 0 Å². The van der Waals surface area contributed by atoms with E-state index in [9.17, 15) is 0 Å². The van der Waals surface area contributed by atoms with Gasteiger partial charge in [-0.15, -0.1) is 0 Å². The first-order valence-electron chi connectivity index (χ1n) is 10.4. The number of methoxy groups -OCH3 is 2. The number of morpholine rings is 1. The molecule has 1 atom stereocenters. The van der Waals surface area contributed by atoms with Crippen LogP contribution in [0.1, 0.15) is 11.7 Å². The van der Waals surface area contributed by atoms with E-state index in [2.05, 4.69) is 52.3 Å². The molecule has 2 heterocycles. The lowest BCUT2D eigenvalue weighted by atomic mass is 10.0. The van der Waals surface area contributed by atoms with Crippen LogP contribution in [0.15, 0.2) is 60.7 Å². The highest BCUT2D eigenvalue weighted by atomic mass is 16.5. The predicted octanol–water partition coefficient (Wildman–Crippen LogP) is 4.41. The largest absolute Gasteiger partial charge is 0.497 e. The number of rotatable bonds is 6. The van der Waals surface area contributed by atoms with E-state index in [-0.39, 0.29) is 6.10 Å². The Hall–Kier alpha value is -3.25. The van der Waals surface area contributed by atoms with Gasteiger partial charge in [-0.25, -0.2) is 4.98 Å². The summed E-state index contributed by atoms with van der Waals surface area (Å²) in [5.74, 6) is 1.45. The lowest BCUT2D eigenvalue weighted by Crippen LogP contribution is -2.38. The summed E-state index contributed by atoms with van der Waals surface area (Å²) in [6.07, 6.45) is -0.00859. The van der Waals surface area contributed by atoms with Crippen LogP contribution in [0.5, 0.6) is 11.6 Å². The van der Waals surface area contributed by atoms with Crippen molar-refractivity contribution in [2.24, 2.45) is 0 Å². The summed E-state index contributed by atoms with van der Waals surface area (Å²) in [6, 6.07) is 20.6. The van der Waals surface area contributed by atoms with E-state index in [1.54, 1.807) is 14.2 Å². The first-order chi connectivity index (χ1) is 15.1. The molecule has 3 aromatic rings. The molecule has 6 nitrogen and oxygen atoms in total. The average molecular weight is 420 g/mol. The Morgan fingerprint density at radius 3 is 2.32 bits per heavy atom. The van der Waals surface area contributed by atoms with E-state index in [0.717, 1.165) is 47.0 Å². The van der Waals surface area contributed by atoms with E-state index in [0.29, 0.717) is 12.5 Å². The monoisotopic (exact) mass is 419 g/mol. The van der Waals surface area contributed by atoms with Crippen molar-refractivity contribution in [3.05, 3.63) is 66.2 Å². The van der Waals surface area contributed by atoms with E-state index in [1.807, 2.05) is 32.3 Å². The van der Waals surface area contributed by atoms with Gasteiger partial charge in [-0.05, 0) is 35.9 Å². The van der Waals surface area contributed by atoms with Gasteiger partial charge in [-0.2, -0.15) is 0 Å². The number of nitrogens with zero attached hydrogens (tertiary/aromatic N) is 3. The van der Waals surface area contributed by atoms with Gasteiger partial charge < -0.3 is 24.0 Å². The third kappa shape index (κ3) is 4.59. The normalized spacial score (nSPS) is 16.1. The van der Waals surface area contributed by atoms with Gasteiger partial charge in [0.15, 0.2) is 0 Å². The minimum atomic E-state index is -0.00859. The number of ether oxygens (including phenoxy) is 3. The standard InChI is InChI=1S/C25H29N3O3/c1-27(2)20-9-5-19(6-10-20)25-22(13-14-24(26-25)30-4)28-15-16-31-23(17-28)18-7-11-21(29-3)12-8-18/h5-14,23H,15-17H2,1-4H3. The second kappa shape index (κ2) is 9.27. The van der Waals surface area contributed by atoms with Crippen molar-refractivity contribution in [2.75, 3.05) is 57.8 Å². The molecule has 1 saturated heterocycles. The maximum Gasteiger partial charge on any atom is 0.213 e. The SMILES string of the molecule is COc1ccc(C2CN(c3ccc(OC)nc3-c3ccc(N(C)C)cc3)CCO2)cc1. The number of benzene rings is 2. The van der Waals surface area contributed by atoms with Crippen LogP contribution >= 0.6 is 0 Å². The molecule has 1 aliphatic rings. The molecule has 162 valence electrons. The Morgan fingerprint density at radius 2 is 1.68 bits per heavy atom. The highest BCUT2D eigenvalue weighted by Crippen LogP contribution is 2.35. The highest BCUT2D eigenvalue weighted by molar-refractivity contribution is 5.77. The van der Waals surface area contributed by atoms with Gasteiger partial charge in [0.1, 0.15) is 11.9 Å². The molecule has 6 heteroatoms. The molecule has 0 amide bonds. The molecule has 2 aromatic carbocycles. The van der Waals surface area contributed by atoms with Crippen LogP contribution in [0.4, 0.5) is 11.4 Å². The zero-order valence-corrected chi connectivity index (χ0v) is 18.5. The molecule has 4 rings (SSSR count). The van der Waals surface area contributed by atoms with Gasteiger partial charge in [-0.1, -0.05) is 24.3 Å². The molecule has 0 spiro atoms. The summed E-state index contributed by atoms with van der Waals surface area (Å²) in [6.45, 7) is 2.22. The molecule has 0 bridgehead atoms. The van der Waals surface area contributed by atoms with Gasteiger partial charge in [-0.3, -0.25) is 0 Å². The first-order valence-corrected chi connectivity index (χ1v) is 10.4. The summed E-state index contributed by atoms with van der Waals surface area (Å²) in [4.78, 5) is 9.23. The van der Waals surface area contributed by atoms with E-state index < -0.39 is 0 Å². The molecule has 1 aliphatic heterocycles. The fourth-order valence-corrected chi connectivity index (χ4v) is 3.82. The van der Waals surface area contributed by atoms with Crippen LogP contribution in [0.2, 0.25) is 0 Å². The molecular weight excluding hydrogens is 390 g/mol. The van der Waals surface area contributed by atoms with E-state index in [1.165, 1.54) is 0 Å². The number of anilines is 2. The molecule has 0 radical (unpaired) electrons. The fraction of sp³-hybridized carbons (Fsp3) is 0.320. The summed E-state index contributed by atoms with van der Waals surface area (Å²) >= 11 is 0. The molecule has 0 N–H and O–H groups in total. The van der Waals surface area contributed by atoms with Crippen LogP contribution < -0.4 is 19.3 Å². The van der Waals surface area contributed by atoms with Crippen LogP contribution in [-0.4, -0.2) is 53.0 Å². The number of pyridine rings is 1. The van der Waals surface area contributed by atoms with Gasteiger partial charge in [0.2, 0.25) is 5.88 Å². The van der Waals surface area contributed by atoms with Crippen molar-refractivity contribution >= 4 is 11.4 Å². The lowest BCUT2D eigenvalue weighted by Gasteiger charge is -2.35. The predicted molar refractivity (Wildman–Crippen MR) is 124 cm³/mol. The maximum absolute atomic E-state index is 6.09. The Balaban J connectivity index is 1.64. The quantitative estimate of drug-likeness (QED) is 0.590. The lowest BCUT2D eigenvalue weighted by molar-refractivity contribution is 0.0398. The number of hydrogen-bond donors (Lipinski definition) is 0. The number of aromatic nitrogens is 1. The third-order valence-corrected chi connectivity index (χ3v) is 5.61. The van der Waals surface area contributed by atoms with Gasteiger partial charge in [0.05, 0.1) is 32.2 Å². The van der Waals surface area contributed by atoms with Crippen molar-refractivity contribution in [1.82, 2.24) is 4.98 Å².